The average molecular weight is 545 g/mol. The molecule has 198 valence electrons. The molecule has 1 unspecified atom stereocenters. The average Bonchev–Trinajstić information content (AvgIpc) is 3.49. The molecule has 6 rings (SSSR count). The van der Waals surface area contributed by atoms with E-state index in [0.29, 0.717) is 58.0 Å². The number of nitrogens with zero attached hydrogens (tertiary/aromatic N) is 2. The van der Waals surface area contributed by atoms with Crippen molar-refractivity contribution in [1.82, 2.24) is 4.98 Å². The highest BCUT2D eigenvalue weighted by molar-refractivity contribution is 7.22. The van der Waals surface area contributed by atoms with E-state index < -0.39 is 17.7 Å². The number of methoxy groups -OCH3 is 2. The van der Waals surface area contributed by atoms with Gasteiger partial charge < -0.3 is 24.1 Å². The summed E-state index contributed by atoms with van der Waals surface area (Å²) >= 11 is 1.29. The fourth-order valence-electron chi connectivity index (χ4n) is 4.85. The van der Waals surface area contributed by atoms with Gasteiger partial charge in [0.2, 0.25) is 0 Å². The van der Waals surface area contributed by atoms with Gasteiger partial charge in [-0.05, 0) is 61.0 Å². The van der Waals surface area contributed by atoms with Crippen molar-refractivity contribution >= 4 is 44.1 Å². The standard InChI is InChI=1S/C29H24N2O7S/c1-15-4-7-19-23(12-15)39-29(30-19)31-25(18-14-17(35-2)6-9-20(18)36-3)24(27(33)28(31)34)26(32)16-5-8-21-22(13-16)38-11-10-37-21/h4-9,12-14,25,32H,10-11H2,1-3H3/b26-24+. The molecule has 4 aromatic rings. The van der Waals surface area contributed by atoms with Crippen molar-refractivity contribution in [3.05, 3.63) is 76.9 Å². The van der Waals surface area contributed by atoms with Crippen molar-refractivity contribution in [2.75, 3.05) is 32.3 Å². The highest BCUT2D eigenvalue weighted by Crippen LogP contribution is 2.48. The van der Waals surface area contributed by atoms with Crippen molar-refractivity contribution in [2.45, 2.75) is 13.0 Å². The molecule has 39 heavy (non-hydrogen) atoms. The number of hydrogen-bond donors (Lipinski definition) is 1. The molecule has 0 bridgehead atoms. The first-order valence-corrected chi connectivity index (χ1v) is 13.0. The number of thiazole rings is 1. The summed E-state index contributed by atoms with van der Waals surface area (Å²) in [7, 11) is 3.02. The van der Waals surface area contributed by atoms with Crippen LogP contribution in [0.4, 0.5) is 5.13 Å². The Hall–Kier alpha value is -4.57. The number of carbonyl (C=O) groups excluding carboxylic acids is 2. The lowest BCUT2D eigenvalue weighted by Gasteiger charge is -2.25. The van der Waals surface area contributed by atoms with E-state index in [2.05, 4.69) is 4.98 Å². The monoisotopic (exact) mass is 544 g/mol. The maximum atomic E-state index is 13.6. The molecule has 3 aromatic carbocycles. The Morgan fingerprint density at radius 1 is 1.00 bits per heavy atom. The summed E-state index contributed by atoms with van der Waals surface area (Å²) < 4.78 is 23.2. The zero-order valence-corrected chi connectivity index (χ0v) is 22.2. The molecular weight excluding hydrogens is 520 g/mol. The maximum absolute atomic E-state index is 13.6. The minimum atomic E-state index is -1.04. The van der Waals surface area contributed by atoms with Gasteiger partial charge in [-0.25, -0.2) is 4.98 Å². The van der Waals surface area contributed by atoms with Crippen LogP contribution >= 0.6 is 11.3 Å². The molecule has 0 aliphatic carbocycles. The number of carbonyl (C=O) groups is 2. The first kappa shape index (κ1) is 24.7. The second kappa shape index (κ2) is 9.63. The van der Waals surface area contributed by atoms with Crippen LogP contribution in [0.3, 0.4) is 0 Å². The molecule has 2 aliphatic rings. The number of fused-ring (bicyclic) bond motifs is 2. The number of hydrogen-bond acceptors (Lipinski definition) is 9. The first-order chi connectivity index (χ1) is 18.9. The molecule has 1 fully saturated rings. The van der Waals surface area contributed by atoms with Crippen LogP contribution in [0.1, 0.15) is 22.7 Å². The summed E-state index contributed by atoms with van der Waals surface area (Å²) in [5.74, 6) is -0.105. The third kappa shape index (κ3) is 4.13. The van der Waals surface area contributed by atoms with Gasteiger partial charge in [0.1, 0.15) is 36.5 Å². The Bertz CT molecular complexity index is 1680. The van der Waals surface area contributed by atoms with E-state index >= 15 is 0 Å². The second-order valence-corrected chi connectivity index (χ2v) is 10.1. The molecule has 1 saturated heterocycles. The number of anilines is 1. The van der Waals surface area contributed by atoms with E-state index in [9.17, 15) is 14.7 Å². The largest absolute Gasteiger partial charge is 0.507 e. The van der Waals surface area contributed by atoms with Crippen molar-refractivity contribution in [3.63, 3.8) is 0 Å². The van der Waals surface area contributed by atoms with E-state index in [1.165, 1.54) is 30.5 Å². The second-order valence-electron chi connectivity index (χ2n) is 9.10. The zero-order chi connectivity index (χ0) is 27.3. The molecular formula is C29H24N2O7S. The van der Waals surface area contributed by atoms with E-state index in [4.69, 9.17) is 18.9 Å². The minimum absolute atomic E-state index is 0.0985. The lowest BCUT2D eigenvalue weighted by molar-refractivity contribution is -0.132. The number of amides is 1. The maximum Gasteiger partial charge on any atom is 0.301 e. The molecule has 10 heteroatoms. The Labute approximate surface area is 227 Å². The molecule has 0 radical (unpaired) electrons. The molecule has 1 atom stereocenters. The van der Waals surface area contributed by atoms with Crippen LogP contribution in [0.5, 0.6) is 23.0 Å². The number of ether oxygens (including phenoxy) is 4. The van der Waals surface area contributed by atoms with Crippen LogP contribution in [0, 0.1) is 6.92 Å². The lowest BCUT2D eigenvalue weighted by Crippen LogP contribution is -2.29. The number of Topliss-reactive ketones (excluding diaryl/α,β-unsaturated/α-hetero) is 1. The summed E-state index contributed by atoms with van der Waals surface area (Å²) in [4.78, 5) is 33.3. The van der Waals surface area contributed by atoms with Crippen LogP contribution in [0.2, 0.25) is 0 Å². The van der Waals surface area contributed by atoms with Gasteiger partial charge in [0.25, 0.3) is 5.78 Å². The summed E-state index contributed by atoms with van der Waals surface area (Å²) in [6.45, 7) is 2.75. The Morgan fingerprint density at radius 2 is 1.79 bits per heavy atom. The van der Waals surface area contributed by atoms with Crippen molar-refractivity contribution in [3.8, 4) is 23.0 Å². The molecule has 0 spiro atoms. The Balaban J connectivity index is 1.59. The van der Waals surface area contributed by atoms with Crippen LogP contribution in [-0.4, -0.2) is 49.2 Å². The summed E-state index contributed by atoms with van der Waals surface area (Å²) in [6.07, 6.45) is 0. The highest BCUT2D eigenvalue weighted by Gasteiger charge is 2.49. The third-order valence-corrected chi connectivity index (χ3v) is 7.75. The van der Waals surface area contributed by atoms with Crippen LogP contribution in [0.15, 0.2) is 60.2 Å². The van der Waals surface area contributed by atoms with Gasteiger partial charge in [0.15, 0.2) is 16.6 Å². The fourth-order valence-corrected chi connectivity index (χ4v) is 5.94. The Morgan fingerprint density at radius 3 is 2.56 bits per heavy atom. The van der Waals surface area contributed by atoms with Gasteiger partial charge in [0, 0.05) is 11.1 Å². The normalized spacial score (nSPS) is 18.0. The molecule has 9 nitrogen and oxygen atoms in total. The summed E-state index contributed by atoms with van der Waals surface area (Å²) in [6, 6.07) is 14.7. The number of rotatable bonds is 5. The van der Waals surface area contributed by atoms with Crippen molar-refractivity contribution < 1.29 is 33.6 Å². The minimum Gasteiger partial charge on any atom is -0.507 e. The van der Waals surface area contributed by atoms with E-state index in [-0.39, 0.29) is 11.3 Å². The van der Waals surface area contributed by atoms with Crippen molar-refractivity contribution in [1.29, 1.82) is 0 Å². The number of aliphatic hydroxyl groups excluding tert-OH is 1. The number of aryl methyl sites for hydroxylation is 1. The van der Waals surface area contributed by atoms with Crippen LogP contribution in [0.25, 0.3) is 16.0 Å². The van der Waals surface area contributed by atoms with Gasteiger partial charge in [-0.3, -0.25) is 14.5 Å². The fraction of sp³-hybridized carbons (Fsp3) is 0.207. The van der Waals surface area contributed by atoms with E-state index in [0.717, 1.165) is 10.3 Å². The predicted octanol–water partition coefficient (Wildman–Crippen LogP) is 5.02. The van der Waals surface area contributed by atoms with Gasteiger partial charge >= 0.3 is 5.91 Å². The summed E-state index contributed by atoms with van der Waals surface area (Å²) in [5, 5.41) is 11.9. The first-order valence-electron chi connectivity index (χ1n) is 12.2. The Kier molecular flexibility index (Phi) is 6.11. The molecule has 3 heterocycles. The number of aromatic nitrogens is 1. The number of ketones is 1. The quantitative estimate of drug-likeness (QED) is 0.212. The molecule has 1 N–H and O–H groups in total. The SMILES string of the molecule is COc1ccc(OC)c(C2/C(=C(\O)c3ccc4c(c3)OCCO4)C(=O)C(=O)N2c2nc3ccc(C)cc3s2)c1. The van der Waals surface area contributed by atoms with Crippen LogP contribution in [-0.2, 0) is 9.59 Å². The van der Waals surface area contributed by atoms with E-state index in [1.54, 1.807) is 36.4 Å². The smallest absolute Gasteiger partial charge is 0.301 e. The van der Waals surface area contributed by atoms with Gasteiger partial charge in [-0.15, -0.1) is 0 Å². The predicted molar refractivity (Wildman–Crippen MR) is 146 cm³/mol. The summed E-state index contributed by atoms with van der Waals surface area (Å²) in [5.41, 5.74) is 2.42. The lowest BCUT2D eigenvalue weighted by atomic mass is 9.94. The zero-order valence-electron chi connectivity index (χ0n) is 21.4. The van der Waals surface area contributed by atoms with Gasteiger partial charge in [-0.2, -0.15) is 0 Å². The van der Waals surface area contributed by atoms with Crippen LogP contribution < -0.4 is 23.8 Å². The van der Waals surface area contributed by atoms with Gasteiger partial charge in [-0.1, -0.05) is 17.4 Å². The molecule has 1 aromatic heterocycles. The molecule has 0 saturated carbocycles. The molecule has 2 aliphatic heterocycles. The third-order valence-electron chi connectivity index (χ3n) is 6.73. The van der Waals surface area contributed by atoms with Crippen molar-refractivity contribution in [2.24, 2.45) is 0 Å². The highest BCUT2D eigenvalue weighted by atomic mass is 32.1. The molecule has 1 amide bonds. The number of aliphatic hydroxyl groups is 1. The van der Waals surface area contributed by atoms with E-state index in [1.807, 2.05) is 25.1 Å². The number of benzene rings is 3. The van der Waals surface area contributed by atoms with Gasteiger partial charge in [0.05, 0.1) is 30.0 Å². The topological polar surface area (TPSA) is 107 Å².